The molecule has 2 nitrogen and oxygen atoms in total. The summed E-state index contributed by atoms with van der Waals surface area (Å²) in [7, 11) is 0. The fourth-order valence-corrected chi connectivity index (χ4v) is 2.22. The summed E-state index contributed by atoms with van der Waals surface area (Å²) >= 11 is 5.87. The number of carbonyl (C=O) groups is 1. The predicted molar refractivity (Wildman–Crippen MR) is 65.2 cm³/mol. The zero-order valence-corrected chi connectivity index (χ0v) is 9.65. The van der Waals surface area contributed by atoms with Crippen LogP contribution in [0.15, 0.2) is 48.5 Å². The Morgan fingerprint density at radius 2 is 1.82 bits per heavy atom. The van der Waals surface area contributed by atoms with Crippen LogP contribution in [0.5, 0.6) is 0 Å². The highest BCUT2D eigenvalue weighted by Gasteiger charge is 2.31. The number of carbonyl (C=O) groups excluding carboxylic acids is 1. The molecule has 3 rings (SSSR count). The number of hydrogen-bond acceptors (Lipinski definition) is 2. The smallest absolute Gasteiger partial charge is 0.339 e. The van der Waals surface area contributed by atoms with Crippen molar-refractivity contribution in [3.63, 3.8) is 0 Å². The Bertz CT molecular complexity index is 578. The van der Waals surface area contributed by atoms with Gasteiger partial charge in [0.15, 0.2) is 6.10 Å². The van der Waals surface area contributed by atoms with E-state index in [4.69, 9.17) is 16.3 Å². The van der Waals surface area contributed by atoms with Gasteiger partial charge in [-0.25, -0.2) is 4.79 Å². The molecular formula is C14H9ClO2. The highest BCUT2D eigenvalue weighted by Crippen LogP contribution is 2.36. The summed E-state index contributed by atoms with van der Waals surface area (Å²) in [4.78, 5) is 11.7. The summed E-state index contributed by atoms with van der Waals surface area (Å²) in [5.74, 6) is -0.309. The summed E-state index contributed by atoms with van der Waals surface area (Å²) in [5, 5.41) is 0.550. The molecule has 2 aromatic rings. The van der Waals surface area contributed by atoms with Crippen LogP contribution in [-0.4, -0.2) is 5.97 Å². The second-order valence-corrected chi connectivity index (χ2v) is 4.36. The van der Waals surface area contributed by atoms with Gasteiger partial charge in [-0.2, -0.15) is 0 Å². The molecule has 0 N–H and O–H groups in total. The maximum Gasteiger partial charge on any atom is 0.339 e. The lowest BCUT2D eigenvalue weighted by atomic mass is 9.99. The SMILES string of the molecule is O=C1O[C@@H](c2ccccc2)c2ccc(Cl)cc21. The Balaban J connectivity index is 2.11. The molecule has 3 heteroatoms. The third-order valence-corrected chi connectivity index (χ3v) is 3.08. The molecule has 0 bridgehead atoms. The van der Waals surface area contributed by atoms with Crippen molar-refractivity contribution in [2.24, 2.45) is 0 Å². The molecule has 0 aliphatic carbocycles. The monoisotopic (exact) mass is 244 g/mol. The minimum atomic E-state index is -0.309. The molecule has 2 aromatic carbocycles. The molecule has 1 heterocycles. The van der Waals surface area contributed by atoms with Crippen LogP contribution in [0.25, 0.3) is 0 Å². The zero-order valence-electron chi connectivity index (χ0n) is 8.89. The molecule has 0 saturated carbocycles. The number of cyclic esters (lactones) is 1. The average molecular weight is 245 g/mol. The van der Waals surface area contributed by atoms with Gasteiger partial charge in [-0.05, 0) is 17.7 Å². The number of hydrogen-bond donors (Lipinski definition) is 0. The standard InChI is InChI=1S/C14H9ClO2/c15-10-6-7-11-12(8-10)14(16)17-13(11)9-4-2-1-3-5-9/h1-8,13H/t13-/m0/s1. The molecular weight excluding hydrogens is 236 g/mol. The Hall–Kier alpha value is -1.80. The van der Waals surface area contributed by atoms with Crippen LogP contribution in [0, 0.1) is 0 Å². The van der Waals surface area contributed by atoms with Gasteiger partial charge < -0.3 is 4.74 Å². The highest BCUT2D eigenvalue weighted by atomic mass is 35.5. The maximum atomic E-state index is 11.7. The number of halogens is 1. The average Bonchev–Trinajstić information content (AvgIpc) is 2.68. The van der Waals surface area contributed by atoms with Crippen molar-refractivity contribution in [1.82, 2.24) is 0 Å². The Kier molecular flexibility index (Phi) is 2.37. The molecule has 0 amide bonds. The number of ether oxygens (including phenoxy) is 1. The lowest BCUT2D eigenvalue weighted by Gasteiger charge is -2.10. The molecule has 0 aromatic heterocycles. The Morgan fingerprint density at radius 3 is 2.59 bits per heavy atom. The van der Waals surface area contributed by atoms with E-state index in [0.717, 1.165) is 11.1 Å². The number of esters is 1. The highest BCUT2D eigenvalue weighted by molar-refractivity contribution is 6.31. The minimum absolute atomic E-state index is 0.309. The van der Waals surface area contributed by atoms with Gasteiger partial charge >= 0.3 is 5.97 Å². The van der Waals surface area contributed by atoms with Gasteiger partial charge in [-0.15, -0.1) is 0 Å². The lowest BCUT2D eigenvalue weighted by molar-refractivity contribution is 0.0456. The molecule has 1 atom stereocenters. The summed E-state index contributed by atoms with van der Waals surface area (Å²) in [5.41, 5.74) is 2.42. The van der Waals surface area contributed by atoms with E-state index in [0.29, 0.717) is 10.6 Å². The van der Waals surface area contributed by atoms with E-state index in [2.05, 4.69) is 0 Å². The van der Waals surface area contributed by atoms with Gasteiger partial charge in [0.25, 0.3) is 0 Å². The summed E-state index contributed by atoms with van der Waals surface area (Å²) in [6.45, 7) is 0. The molecule has 0 fully saturated rings. The molecule has 0 saturated heterocycles. The molecule has 1 aliphatic rings. The summed E-state index contributed by atoms with van der Waals surface area (Å²) < 4.78 is 5.38. The first-order valence-corrected chi connectivity index (χ1v) is 5.69. The van der Waals surface area contributed by atoms with Crippen molar-refractivity contribution in [1.29, 1.82) is 0 Å². The third kappa shape index (κ3) is 1.71. The third-order valence-electron chi connectivity index (χ3n) is 2.84. The van der Waals surface area contributed by atoms with E-state index >= 15 is 0 Å². The van der Waals surface area contributed by atoms with Crippen LogP contribution in [0.3, 0.4) is 0 Å². The van der Waals surface area contributed by atoms with Gasteiger partial charge in [-0.1, -0.05) is 48.0 Å². The van der Waals surface area contributed by atoms with E-state index < -0.39 is 0 Å². The van der Waals surface area contributed by atoms with Crippen LogP contribution in [0.2, 0.25) is 5.02 Å². The van der Waals surface area contributed by atoms with Crippen LogP contribution < -0.4 is 0 Å². The van der Waals surface area contributed by atoms with Crippen LogP contribution in [-0.2, 0) is 4.74 Å². The van der Waals surface area contributed by atoms with Crippen LogP contribution >= 0.6 is 11.6 Å². The zero-order chi connectivity index (χ0) is 11.8. The normalized spacial score (nSPS) is 17.7. The summed E-state index contributed by atoms with van der Waals surface area (Å²) in [6.07, 6.45) is -0.309. The van der Waals surface area contributed by atoms with Crippen molar-refractivity contribution in [2.75, 3.05) is 0 Å². The van der Waals surface area contributed by atoms with E-state index in [1.807, 2.05) is 36.4 Å². The number of benzene rings is 2. The van der Waals surface area contributed by atoms with E-state index in [1.165, 1.54) is 0 Å². The first kappa shape index (κ1) is 10.4. The quantitative estimate of drug-likeness (QED) is 0.717. The predicted octanol–water partition coefficient (Wildman–Crippen LogP) is 3.60. The van der Waals surface area contributed by atoms with Crippen molar-refractivity contribution >= 4 is 17.6 Å². The second-order valence-electron chi connectivity index (χ2n) is 3.93. The molecule has 0 unspecified atom stereocenters. The van der Waals surface area contributed by atoms with E-state index in [-0.39, 0.29) is 12.1 Å². The fourth-order valence-electron chi connectivity index (χ4n) is 2.04. The van der Waals surface area contributed by atoms with Crippen LogP contribution in [0.1, 0.15) is 27.6 Å². The lowest BCUT2D eigenvalue weighted by Crippen LogP contribution is -1.99. The molecule has 0 spiro atoms. The van der Waals surface area contributed by atoms with Crippen molar-refractivity contribution in [2.45, 2.75) is 6.10 Å². The minimum Gasteiger partial charge on any atom is -0.449 e. The van der Waals surface area contributed by atoms with Gasteiger partial charge in [0.1, 0.15) is 0 Å². The van der Waals surface area contributed by atoms with Crippen molar-refractivity contribution in [3.8, 4) is 0 Å². The van der Waals surface area contributed by atoms with E-state index in [1.54, 1.807) is 12.1 Å². The maximum absolute atomic E-state index is 11.7. The molecule has 17 heavy (non-hydrogen) atoms. The topological polar surface area (TPSA) is 26.3 Å². The molecule has 84 valence electrons. The van der Waals surface area contributed by atoms with Gasteiger partial charge in [0.05, 0.1) is 5.56 Å². The summed E-state index contributed by atoms with van der Waals surface area (Å²) in [6, 6.07) is 15.0. The first-order valence-electron chi connectivity index (χ1n) is 5.31. The Morgan fingerprint density at radius 1 is 1.06 bits per heavy atom. The number of fused-ring (bicyclic) bond motifs is 1. The van der Waals surface area contributed by atoms with Gasteiger partial charge in [-0.3, -0.25) is 0 Å². The molecule has 1 aliphatic heterocycles. The first-order chi connectivity index (χ1) is 8.25. The van der Waals surface area contributed by atoms with Crippen LogP contribution in [0.4, 0.5) is 0 Å². The fraction of sp³-hybridized carbons (Fsp3) is 0.0714. The van der Waals surface area contributed by atoms with Crippen molar-refractivity contribution in [3.05, 3.63) is 70.2 Å². The van der Waals surface area contributed by atoms with Crippen molar-refractivity contribution < 1.29 is 9.53 Å². The largest absolute Gasteiger partial charge is 0.449 e. The number of rotatable bonds is 1. The second kappa shape index (κ2) is 3.90. The van der Waals surface area contributed by atoms with Gasteiger partial charge in [0, 0.05) is 10.6 Å². The molecule has 0 radical (unpaired) electrons. The van der Waals surface area contributed by atoms with E-state index in [9.17, 15) is 4.79 Å². The van der Waals surface area contributed by atoms with Gasteiger partial charge in [0.2, 0.25) is 0 Å². The Labute approximate surface area is 104 Å².